The minimum absolute atomic E-state index is 0.166. The van der Waals surface area contributed by atoms with Crippen LogP contribution in [-0.2, 0) is 0 Å². The fourth-order valence-electron chi connectivity index (χ4n) is 1.58. The molecule has 1 atom stereocenters. The maximum Gasteiger partial charge on any atom is 0.224 e. The topological polar surface area (TPSA) is 49.2 Å². The fraction of sp³-hybridized carbons (Fsp3) is 0.600. The molecule has 1 aromatic heterocycles. The SMILES string of the molecule is CCC(CCO)N(C)c1nc(Cl)ncc1Br. The highest BCUT2D eigenvalue weighted by Gasteiger charge is 2.17. The summed E-state index contributed by atoms with van der Waals surface area (Å²) in [5.74, 6) is 0.750. The Morgan fingerprint density at radius 3 is 2.88 bits per heavy atom. The van der Waals surface area contributed by atoms with Gasteiger partial charge in [-0.15, -0.1) is 0 Å². The van der Waals surface area contributed by atoms with Crippen LogP contribution in [0.15, 0.2) is 10.7 Å². The molecule has 0 amide bonds. The molecule has 4 nitrogen and oxygen atoms in total. The molecule has 90 valence electrons. The third kappa shape index (κ3) is 3.30. The summed E-state index contributed by atoms with van der Waals surface area (Å²) in [6, 6.07) is 0.243. The molecule has 0 aromatic carbocycles. The quantitative estimate of drug-likeness (QED) is 0.849. The third-order valence-electron chi connectivity index (χ3n) is 2.51. The molecule has 0 aliphatic rings. The zero-order valence-electron chi connectivity index (χ0n) is 9.32. The molecule has 0 aliphatic heterocycles. The Bertz CT molecular complexity index is 351. The summed E-state index contributed by atoms with van der Waals surface area (Å²) < 4.78 is 0.802. The van der Waals surface area contributed by atoms with Gasteiger partial charge in [0, 0.05) is 25.9 Å². The van der Waals surface area contributed by atoms with Gasteiger partial charge in [0.1, 0.15) is 5.82 Å². The molecule has 6 heteroatoms. The lowest BCUT2D eigenvalue weighted by Gasteiger charge is -2.28. The van der Waals surface area contributed by atoms with Crippen LogP contribution in [0.3, 0.4) is 0 Å². The molecule has 0 spiro atoms. The first-order chi connectivity index (χ1) is 7.60. The number of anilines is 1. The summed E-state index contributed by atoms with van der Waals surface area (Å²) in [5, 5.41) is 9.22. The van der Waals surface area contributed by atoms with E-state index >= 15 is 0 Å². The van der Waals surface area contributed by atoms with Crippen LogP contribution < -0.4 is 4.90 Å². The van der Waals surface area contributed by atoms with E-state index in [1.54, 1.807) is 6.20 Å². The van der Waals surface area contributed by atoms with Crippen molar-refractivity contribution in [2.24, 2.45) is 0 Å². The average Bonchev–Trinajstić information content (AvgIpc) is 2.28. The molecule has 0 saturated carbocycles. The highest BCUT2D eigenvalue weighted by atomic mass is 79.9. The Morgan fingerprint density at radius 2 is 2.31 bits per heavy atom. The zero-order valence-corrected chi connectivity index (χ0v) is 11.7. The second-order valence-corrected chi connectivity index (χ2v) is 4.69. The van der Waals surface area contributed by atoms with Gasteiger partial charge in [0.15, 0.2) is 0 Å². The second kappa shape index (κ2) is 6.37. The van der Waals surface area contributed by atoms with E-state index in [9.17, 15) is 0 Å². The lowest BCUT2D eigenvalue weighted by molar-refractivity contribution is 0.272. The predicted molar refractivity (Wildman–Crippen MR) is 68.9 cm³/mol. The molecular formula is C10H15BrClN3O. The predicted octanol–water partition coefficient (Wildman–Crippen LogP) is 2.49. The zero-order chi connectivity index (χ0) is 12.1. The molecule has 1 aromatic rings. The monoisotopic (exact) mass is 307 g/mol. The number of hydrogen-bond acceptors (Lipinski definition) is 4. The van der Waals surface area contributed by atoms with Crippen LogP contribution in [-0.4, -0.2) is 34.8 Å². The van der Waals surface area contributed by atoms with Gasteiger partial charge >= 0.3 is 0 Å². The van der Waals surface area contributed by atoms with Gasteiger partial charge in [-0.2, -0.15) is 4.98 Å². The highest BCUT2D eigenvalue weighted by Crippen LogP contribution is 2.26. The molecule has 0 radical (unpaired) electrons. The van der Waals surface area contributed by atoms with Crippen molar-refractivity contribution in [1.29, 1.82) is 0 Å². The van der Waals surface area contributed by atoms with E-state index in [0.717, 1.165) is 16.7 Å². The number of halogens is 2. The van der Waals surface area contributed by atoms with E-state index in [1.807, 2.05) is 11.9 Å². The summed E-state index contributed by atoms with van der Waals surface area (Å²) in [4.78, 5) is 10.1. The van der Waals surface area contributed by atoms with Crippen molar-refractivity contribution in [2.45, 2.75) is 25.8 Å². The Hall–Kier alpha value is -0.390. The Labute approximate surface area is 109 Å². The lowest BCUT2D eigenvalue weighted by atomic mass is 10.1. The molecule has 0 bridgehead atoms. The fourth-order valence-corrected chi connectivity index (χ4v) is 2.18. The van der Waals surface area contributed by atoms with Crippen LogP contribution >= 0.6 is 27.5 Å². The van der Waals surface area contributed by atoms with E-state index in [4.69, 9.17) is 16.7 Å². The summed E-state index contributed by atoms with van der Waals surface area (Å²) >= 11 is 9.16. The van der Waals surface area contributed by atoms with Gasteiger partial charge in [-0.25, -0.2) is 4.98 Å². The van der Waals surface area contributed by atoms with Crippen LogP contribution in [0, 0.1) is 0 Å². The molecule has 1 rings (SSSR count). The summed E-state index contributed by atoms with van der Waals surface area (Å²) in [7, 11) is 1.94. The average molecular weight is 309 g/mol. The molecule has 1 heterocycles. The number of rotatable bonds is 5. The smallest absolute Gasteiger partial charge is 0.224 e. The maximum atomic E-state index is 8.99. The molecule has 1 unspecified atom stereocenters. The number of nitrogens with zero attached hydrogens (tertiary/aromatic N) is 3. The van der Waals surface area contributed by atoms with Gasteiger partial charge in [-0.1, -0.05) is 6.92 Å². The first kappa shape index (κ1) is 13.7. The number of aromatic nitrogens is 2. The Kier molecular flexibility index (Phi) is 5.44. The highest BCUT2D eigenvalue weighted by molar-refractivity contribution is 9.10. The second-order valence-electron chi connectivity index (χ2n) is 3.50. The van der Waals surface area contributed by atoms with Crippen LogP contribution in [0.2, 0.25) is 5.28 Å². The van der Waals surface area contributed by atoms with Crippen LogP contribution in [0.4, 0.5) is 5.82 Å². The van der Waals surface area contributed by atoms with Crippen LogP contribution in [0.5, 0.6) is 0 Å². The Morgan fingerprint density at radius 1 is 1.62 bits per heavy atom. The summed E-state index contributed by atoms with van der Waals surface area (Å²) in [5.41, 5.74) is 0. The van der Waals surface area contributed by atoms with E-state index in [1.165, 1.54) is 0 Å². The van der Waals surface area contributed by atoms with Gasteiger partial charge < -0.3 is 10.0 Å². The first-order valence-corrected chi connectivity index (χ1v) is 6.29. The number of aliphatic hydroxyl groups excluding tert-OH is 1. The van der Waals surface area contributed by atoms with E-state index in [2.05, 4.69) is 32.8 Å². The van der Waals surface area contributed by atoms with Crippen LogP contribution in [0.1, 0.15) is 19.8 Å². The largest absolute Gasteiger partial charge is 0.396 e. The van der Waals surface area contributed by atoms with Crippen molar-refractivity contribution >= 4 is 33.3 Å². The minimum atomic E-state index is 0.166. The van der Waals surface area contributed by atoms with Crippen molar-refractivity contribution in [1.82, 2.24) is 9.97 Å². The van der Waals surface area contributed by atoms with Crippen molar-refractivity contribution in [3.63, 3.8) is 0 Å². The Balaban J connectivity index is 2.93. The van der Waals surface area contributed by atoms with Crippen LogP contribution in [0.25, 0.3) is 0 Å². The van der Waals surface area contributed by atoms with Gasteiger partial charge in [0.2, 0.25) is 5.28 Å². The molecule has 0 aliphatic carbocycles. The van der Waals surface area contributed by atoms with Gasteiger partial charge in [0.25, 0.3) is 0 Å². The van der Waals surface area contributed by atoms with E-state index in [-0.39, 0.29) is 17.9 Å². The maximum absolute atomic E-state index is 8.99. The van der Waals surface area contributed by atoms with Gasteiger partial charge in [0.05, 0.1) is 4.47 Å². The molecular weight excluding hydrogens is 293 g/mol. The van der Waals surface area contributed by atoms with E-state index < -0.39 is 0 Å². The van der Waals surface area contributed by atoms with Crippen molar-refractivity contribution in [3.8, 4) is 0 Å². The van der Waals surface area contributed by atoms with Crippen molar-refractivity contribution < 1.29 is 5.11 Å². The lowest BCUT2D eigenvalue weighted by Crippen LogP contribution is -2.32. The standard InChI is InChI=1S/C10H15BrClN3O/c1-3-7(4-5-16)15(2)9-8(11)6-13-10(12)14-9/h6-7,16H,3-5H2,1-2H3. The summed E-state index contributed by atoms with van der Waals surface area (Å²) in [6.07, 6.45) is 3.28. The first-order valence-electron chi connectivity index (χ1n) is 5.11. The van der Waals surface area contributed by atoms with Crippen molar-refractivity contribution in [2.75, 3.05) is 18.6 Å². The molecule has 1 N–H and O–H groups in total. The molecule has 0 saturated heterocycles. The summed E-state index contributed by atoms with van der Waals surface area (Å²) in [6.45, 7) is 2.24. The molecule has 0 fully saturated rings. The van der Waals surface area contributed by atoms with Gasteiger partial charge in [-0.3, -0.25) is 0 Å². The van der Waals surface area contributed by atoms with E-state index in [0.29, 0.717) is 6.42 Å². The molecule has 16 heavy (non-hydrogen) atoms. The van der Waals surface area contributed by atoms with Gasteiger partial charge in [-0.05, 0) is 40.4 Å². The normalized spacial score (nSPS) is 12.6. The van der Waals surface area contributed by atoms with Crippen molar-refractivity contribution in [3.05, 3.63) is 16.0 Å². The number of aliphatic hydroxyl groups is 1. The number of hydrogen-bond donors (Lipinski definition) is 1. The minimum Gasteiger partial charge on any atom is -0.396 e. The third-order valence-corrected chi connectivity index (χ3v) is 3.25.